The molecule has 3 atom stereocenters. The van der Waals surface area contributed by atoms with Gasteiger partial charge in [0, 0.05) is 23.0 Å². The van der Waals surface area contributed by atoms with Crippen molar-refractivity contribution in [2.75, 3.05) is 11.9 Å². The van der Waals surface area contributed by atoms with E-state index in [4.69, 9.17) is 0 Å². The van der Waals surface area contributed by atoms with Crippen LogP contribution in [0.3, 0.4) is 0 Å². The second-order valence-corrected chi connectivity index (χ2v) is 5.62. The van der Waals surface area contributed by atoms with Gasteiger partial charge in [0.05, 0.1) is 0 Å². The first-order valence-electron chi connectivity index (χ1n) is 5.44. The Morgan fingerprint density at radius 1 is 1.56 bits per heavy atom. The van der Waals surface area contributed by atoms with Crippen molar-refractivity contribution in [3.63, 3.8) is 0 Å². The number of thioether (sulfide) groups is 1. The Hall–Kier alpha value is -1.16. The highest BCUT2D eigenvalue weighted by molar-refractivity contribution is 8.00. The predicted octanol–water partition coefficient (Wildman–Crippen LogP) is 2.39. The molecule has 3 nitrogen and oxygen atoms in total. The molecule has 1 aromatic carbocycles. The molecule has 2 heterocycles. The number of rotatable bonds is 1. The van der Waals surface area contributed by atoms with Gasteiger partial charge in [0.25, 0.3) is 0 Å². The molecule has 0 amide bonds. The summed E-state index contributed by atoms with van der Waals surface area (Å²) in [7, 11) is 0. The number of aliphatic carboxylic acids is 1. The Balaban J connectivity index is 2.10. The molecule has 2 aliphatic heterocycles. The van der Waals surface area contributed by atoms with Crippen molar-refractivity contribution in [2.45, 2.75) is 23.0 Å². The minimum Gasteiger partial charge on any atom is -0.480 e. The Bertz CT molecular complexity index is 460. The quantitative estimate of drug-likeness (QED) is 0.784. The molecule has 1 aromatic rings. The van der Waals surface area contributed by atoms with E-state index in [1.165, 1.54) is 23.0 Å². The highest BCUT2D eigenvalue weighted by Crippen LogP contribution is 2.50. The summed E-state index contributed by atoms with van der Waals surface area (Å²) in [4.78, 5) is 12.3. The average Bonchev–Trinajstić information content (AvgIpc) is 2.68. The van der Waals surface area contributed by atoms with Crippen LogP contribution in [0.25, 0.3) is 0 Å². The summed E-state index contributed by atoms with van der Waals surface area (Å²) >= 11 is 1.49. The number of carbonyl (C=O) groups is 1. The fourth-order valence-corrected chi connectivity index (χ4v) is 4.01. The maximum Gasteiger partial charge on any atom is 0.317 e. The van der Waals surface area contributed by atoms with Crippen LogP contribution in [-0.4, -0.2) is 22.9 Å². The molecule has 16 heavy (non-hydrogen) atoms. The van der Waals surface area contributed by atoms with Crippen LogP contribution < -0.4 is 5.32 Å². The van der Waals surface area contributed by atoms with Gasteiger partial charge >= 0.3 is 5.97 Å². The summed E-state index contributed by atoms with van der Waals surface area (Å²) in [6.07, 6.45) is 0. The number of nitrogens with one attached hydrogen (secondary N) is 1. The third-order valence-corrected chi connectivity index (χ3v) is 5.05. The SMILES string of the molecule is C[C@@H]1[C@H](C(=O)O)Sc2cccc3c2[C@@H]1CN3. The van der Waals surface area contributed by atoms with Gasteiger partial charge in [0.2, 0.25) is 0 Å². The summed E-state index contributed by atoms with van der Waals surface area (Å²) in [5.41, 5.74) is 2.52. The molecule has 2 N–H and O–H groups in total. The smallest absolute Gasteiger partial charge is 0.317 e. The van der Waals surface area contributed by atoms with Crippen LogP contribution >= 0.6 is 11.8 Å². The lowest BCUT2D eigenvalue weighted by atomic mass is 9.86. The van der Waals surface area contributed by atoms with E-state index in [-0.39, 0.29) is 11.2 Å². The van der Waals surface area contributed by atoms with E-state index in [1.54, 1.807) is 0 Å². The first-order chi connectivity index (χ1) is 7.68. The monoisotopic (exact) mass is 235 g/mol. The molecular weight excluding hydrogens is 222 g/mol. The van der Waals surface area contributed by atoms with E-state index in [9.17, 15) is 9.90 Å². The standard InChI is InChI=1S/C12H13NO2S/c1-6-7-5-13-8-3-2-4-9(10(7)8)16-11(6)12(14)15/h2-4,6-7,11,13H,5H2,1H3,(H,14,15)/t6-,7+,11+/m0/s1. The summed E-state index contributed by atoms with van der Waals surface area (Å²) in [6.45, 7) is 2.92. The van der Waals surface area contributed by atoms with E-state index >= 15 is 0 Å². The Morgan fingerprint density at radius 2 is 2.38 bits per heavy atom. The maximum atomic E-state index is 11.2. The van der Waals surface area contributed by atoms with E-state index in [1.807, 2.05) is 19.1 Å². The second-order valence-electron chi connectivity index (χ2n) is 4.44. The Morgan fingerprint density at radius 3 is 3.12 bits per heavy atom. The van der Waals surface area contributed by atoms with Crippen LogP contribution in [0.4, 0.5) is 5.69 Å². The fourth-order valence-electron chi connectivity index (χ4n) is 2.68. The molecule has 0 saturated carbocycles. The third-order valence-electron chi connectivity index (χ3n) is 3.56. The van der Waals surface area contributed by atoms with Gasteiger partial charge in [-0.15, -0.1) is 11.8 Å². The normalized spacial score (nSPS) is 30.7. The summed E-state index contributed by atoms with van der Waals surface area (Å²) in [6, 6.07) is 6.10. The molecule has 0 saturated heterocycles. The minimum absolute atomic E-state index is 0.186. The second kappa shape index (κ2) is 3.42. The summed E-state index contributed by atoms with van der Waals surface area (Å²) < 4.78 is 0. The van der Waals surface area contributed by atoms with Gasteiger partial charge in [0.15, 0.2) is 0 Å². The van der Waals surface area contributed by atoms with E-state index < -0.39 is 5.97 Å². The van der Waals surface area contributed by atoms with Gasteiger partial charge < -0.3 is 10.4 Å². The van der Waals surface area contributed by atoms with Crippen molar-refractivity contribution in [1.82, 2.24) is 0 Å². The van der Waals surface area contributed by atoms with Crippen molar-refractivity contribution in [2.24, 2.45) is 5.92 Å². The number of hydrogen-bond donors (Lipinski definition) is 2. The average molecular weight is 235 g/mol. The number of hydrogen-bond acceptors (Lipinski definition) is 3. The summed E-state index contributed by atoms with van der Waals surface area (Å²) in [5.74, 6) is -0.153. The van der Waals surface area contributed by atoms with Gasteiger partial charge in [-0.3, -0.25) is 4.79 Å². The largest absolute Gasteiger partial charge is 0.480 e. The molecule has 0 bridgehead atoms. The van der Waals surface area contributed by atoms with Crippen molar-refractivity contribution in [3.05, 3.63) is 23.8 Å². The zero-order valence-electron chi connectivity index (χ0n) is 8.93. The van der Waals surface area contributed by atoms with Gasteiger partial charge in [-0.2, -0.15) is 0 Å². The molecule has 0 fully saturated rings. The fraction of sp³-hybridized carbons (Fsp3) is 0.417. The van der Waals surface area contributed by atoms with Gasteiger partial charge in [-0.1, -0.05) is 13.0 Å². The van der Waals surface area contributed by atoms with Crippen LogP contribution in [0.1, 0.15) is 18.4 Å². The van der Waals surface area contributed by atoms with Crippen LogP contribution in [-0.2, 0) is 4.79 Å². The van der Waals surface area contributed by atoms with Gasteiger partial charge in [0.1, 0.15) is 5.25 Å². The topological polar surface area (TPSA) is 49.3 Å². The third kappa shape index (κ3) is 1.26. The van der Waals surface area contributed by atoms with Crippen molar-refractivity contribution in [3.8, 4) is 0 Å². The minimum atomic E-state index is -0.694. The highest BCUT2D eigenvalue weighted by atomic mass is 32.2. The molecular formula is C12H13NO2S. The van der Waals surface area contributed by atoms with Crippen LogP contribution in [0.2, 0.25) is 0 Å². The lowest BCUT2D eigenvalue weighted by molar-refractivity contribution is -0.137. The number of carboxylic acids is 1. The molecule has 84 valence electrons. The van der Waals surface area contributed by atoms with Crippen molar-refractivity contribution < 1.29 is 9.90 Å². The number of benzene rings is 1. The first kappa shape index (κ1) is 10.0. The Labute approximate surface area is 98.2 Å². The Kier molecular flexibility index (Phi) is 2.14. The molecule has 0 radical (unpaired) electrons. The van der Waals surface area contributed by atoms with E-state index in [2.05, 4.69) is 11.4 Å². The van der Waals surface area contributed by atoms with Crippen LogP contribution in [0, 0.1) is 5.92 Å². The molecule has 0 aliphatic carbocycles. The number of anilines is 1. The van der Waals surface area contributed by atoms with E-state index in [0.29, 0.717) is 5.92 Å². The molecule has 0 aromatic heterocycles. The zero-order chi connectivity index (χ0) is 11.3. The molecule has 0 unspecified atom stereocenters. The van der Waals surface area contributed by atoms with Gasteiger partial charge in [-0.25, -0.2) is 0 Å². The molecule has 0 spiro atoms. The van der Waals surface area contributed by atoms with Crippen LogP contribution in [0.15, 0.2) is 23.1 Å². The number of carboxylic acid groups (broad SMARTS) is 1. The predicted molar refractivity (Wildman–Crippen MR) is 64.1 cm³/mol. The van der Waals surface area contributed by atoms with Crippen molar-refractivity contribution >= 4 is 23.4 Å². The van der Waals surface area contributed by atoms with Crippen LogP contribution in [0.5, 0.6) is 0 Å². The molecule has 4 heteroatoms. The lowest BCUT2D eigenvalue weighted by Gasteiger charge is -2.31. The first-order valence-corrected chi connectivity index (χ1v) is 6.32. The summed E-state index contributed by atoms with van der Waals surface area (Å²) in [5, 5.41) is 12.3. The lowest BCUT2D eigenvalue weighted by Crippen LogP contribution is -2.32. The highest BCUT2D eigenvalue weighted by Gasteiger charge is 2.41. The maximum absolute atomic E-state index is 11.2. The van der Waals surface area contributed by atoms with Crippen molar-refractivity contribution in [1.29, 1.82) is 0 Å². The van der Waals surface area contributed by atoms with Gasteiger partial charge in [-0.05, 0) is 23.6 Å². The van der Waals surface area contributed by atoms with E-state index in [0.717, 1.165) is 11.4 Å². The zero-order valence-corrected chi connectivity index (χ0v) is 9.75. The molecule has 2 aliphatic rings. The molecule has 3 rings (SSSR count).